The van der Waals surface area contributed by atoms with Crippen LogP contribution in [-0.4, -0.2) is 4.57 Å². The molecule has 1 nitrogen and oxygen atoms in total. The van der Waals surface area contributed by atoms with Crippen LogP contribution >= 0.6 is 0 Å². The quantitative estimate of drug-likeness (QED) is 0.658. The smallest absolute Gasteiger partial charge is 0.0467 e. The second-order valence-electron chi connectivity index (χ2n) is 6.00. The topological polar surface area (TPSA) is 4.93 Å². The van der Waals surface area contributed by atoms with Crippen LogP contribution in [0.1, 0.15) is 37.7 Å². The summed E-state index contributed by atoms with van der Waals surface area (Å²) in [5.41, 5.74) is 4.78. The lowest BCUT2D eigenvalue weighted by atomic mass is 9.97. The van der Waals surface area contributed by atoms with Crippen molar-refractivity contribution >= 4 is 0 Å². The monoisotopic (exact) mass is 251 g/mol. The first-order valence-electron chi connectivity index (χ1n) is 6.65. The molecule has 1 heterocycles. The van der Waals surface area contributed by atoms with Gasteiger partial charge in [-0.2, -0.15) is 0 Å². The highest BCUT2D eigenvalue weighted by atomic mass is 15.0. The zero-order valence-corrected chi connectivity index (χ0v) is 12.4. The van der Waals surface area contributed by atoms with Gasteiger partial charge in [0.25, 0.3) is 0 Å². The number of rotatable bonds is 1. The summed E-state index contributed by atoms with van der Waals surface area (Å²) in [6.45, 7) is 10.6. The largest absolute Gasteiger partial charge is 0.318 e. The van der Waals surface area contributed by atoms with Crippen molar-refractivity contribution < 1.29 is 0 Å². The van der Waals surface area contributed by atoms with E-state index in [1.165, 1.54) is 17.1 Å². The van der Waals surface area contributed by atoms with Gasteiger partial charge in [0, 0.05) is 28.1 Å². The van der Waals surface area contributed by atoms with Gasteiger partial charge in [-0.25, -0.2) is 0 Å². The van der Waals surface area contributed by atoms with Crippen molar-refractivity contribution in [2.45, 2.75) is 34.6 Å². The van der Waals surface area contributed by atoms with Crippen molar-refractivity contribution in [2.24, 2.45) is 5.41 Å². The molecule has 0 spiro atoms. The molecule has 0 saturated heterocycles. The summed E-state index contributed by atoms with van der Waals surface area (Å²) in [5.74, 6) is 6.54. The second-order valence-corrected chi connectivity index (χ2v) is 6.00. The first-order valence-corrected chi connectivity index (χ1v) is 6.65. The van der Waals surface area contributed by atoms with E-state index in [4.69, 9.17) is 0 Å². The first kappa shape index (κ1) is 13.5. The van der Waals surface area contributed by atoms with Gasteiger partial charge in [0.05, 0.1) is 0 Å². The van der Waals surface area contributed by atoms with Gasteiger partial charge in [-0.3, -0.25) is 0 Å². The molecule has 0 unspecified atom stereocenters. The molecule has 0 saturated carbocycles. The van der Waals surface area contributed by atoms with E-state index in [1.54, 1.807) is 0 Å². The van der Waals surface area contributed by atoms with E-state index in [2.05, 4.69) is 87.4 Å². The molecule has 98 valence electrons. The molecule has 2 aromatic rings. The Bertz CT molecular complexity index is 623. The van der Waals surface area contributed by atoms with E-state index in [-0.39, 0.29) is 5.41 Å². The molecule has 0 N–H and O–H groups in total. The van der Waals surface area contributed by atoms with Crippen molar-refractivity contribution in [1.29, 1.82) is 0 Å². The summed E-state index contributed by atoms with van der Waals surface area (Å²) in [5, 5.41) is 0. The number of aromatic nitrogens is 1. The molecule has 0 fully saturated rings. The predicted molar refractivity (Wildman–Crippen MR) is 81.6 cm³/mol. The van der Waals surface area contributed by atoms with Gasteiger partial charge in [-0.1, -0.05) is 17.9 Å². The highest BCUT2D eigenvalue weighted by molar-refractivity contribution is 5.46. The minimum atomic E-state index is 0.0370. The Hall–Kier alpha value is -1.94. The van der Waals surface area contributed by atoms with Gasteiger partial charge in [0.2, 0.25) is 0 Å². The zero-order chi connectivity index (χ0) is 14.0. The maximum absolute atomic E-state index is 3.28. The molecule has 0 aliphatic rings. The summed E-state index contributed by atoms with van der Waals surface area (Å²) in [6, 6.07) is 12.7. The fourth-order valence-electron chi connectivity index (χ4n) is 2.06. The molecule has 0 amide bonds. The van der Waals surface area contributed by atoms with E-state index in [0.717, 1.165) is 5.56 Å². The number of hydrogen-bond acceptors (Lipinski definition) is 0. The van der Waals surface area contributed by atoms with Gasteiger partial charge in [0.15, 0.2) is 0 Å². The van der Waals surface area contributed by atoms with Crippen molar-refractivity contribution in [3.63, 3.8) is 0 Å². The van der Waals surface area contributed by atoms with E-state index in [0.29, 0.717) is 0 Å². The van der Waals surface area contributed by atoms with E-state index in [1.807, 2.05) is 0 Å². The highest BCUT2D eigenvalue weighted by Gasteiger charge is 2.05. The van der Waals surface area contributed by atoms with Crippen molar-refractivity contribution in [3.8, 4) is 17.5 Å². The summed E-state index contributed by atoms with van der Waals surface area (Å²) < 4.78 is 2.25. The SMILES string of the molecule is Cc1ccc(C)n1-c1cccc(C#CC(C)(C)C)c1. The number of hydrogen-bond donors (Lipinski definition) is 0. The third kappa shape index (κ3) is 3.29. The lowest BCUT2D eigenvalue weighted by molar-refractivity contribution is 0.571. The van der Waals surface area contributed by atoms with Gasteiger partial charge in [-0.05, 0) is 65.0 Å². The Labute approximate surface area is 116 Å². The first-order chi connectivity index (χ1) is 8.87. The maximum Gasteiger partial charge on any atom is 0.0467 e. The fraction of sp³-hybridized carbons (Fsp3) is 0.333. The lowest BCUT2D eigenvalue weighted by Crippen LogP contribution is -2.00. The zero-order valence-electron chi connectivity index (χ0n) is 12.4. The molecule has 19 heavy (non-hydrogen) atoms. The summed E-state index contributed by atoms with van der Waals surface area (Å²) >= 11 is 0. The molecule has 1 aromatic heterocycles. The van der Waals surface area contributed by atoms with Crippen LogP contribution in [0.4, 0.5) is 0 Å². The third-order valence-corrected chi connectivity index (χ3v) is 2.96. The maximum atomic E-state index is 3.28. The Morgan fingerprint density at radius 1 is 0.947 bits per heavy atom. The Morgan fingerprint density at radius 3 is 2.16 bits per heavy atom. The van der Waals surface area contributed by atoms with Crippen LogP contribution in [-0.2, 0) is 0 Å². The minimum Gasteiger partial charge on any atom is -0.318 e. The molecular formula is C18H21N. The second kappa shape index (κ2) is 4.97. The average molecular weight is 251 g/mol. The standard InChI is InChI=1S/C18H21N/c1-14-9-10-15(2)19(14)17-8-6-7-16(13-17)11-12-18(3,4)5/h6-10,13H,1-5H3. The highest BCUT2D eigenvalue weighted by Crippen LogP contribution is 2.17. The minimum absolute atomic E-state index is 0.0370. The molecule has 0 bridgehead atoms. The van der Waals surface area contributed by atoms with Gasteiger partial charge in [-0.15, -0.1) is 0 Å². The molecule has 0 aliphatic heterocycles. The summed E-state index contributed by atoms with van der Waals surface area (Å²) in [7, 11) is 0. The molecule has 0 atom stereocenters. The Kier molecular flexibility index (Phi) is 3.53. The normalized spacial score (nSPS) is 11.0. The number of nitrogens with zero attached hydrogens (tertiary/aromatic N) is 1. The Morgan fingerprint density at radius 2 is 1.58 bits per heavy atom. The average Bonchev–Trinajstić information content (AvgIpc) is 2.66. The molecule has 0 radical (unpaired) electrons. The van der Waals surface area contributed by atoms with Gasteiger partial charge >= 0.3 is 0 Å². The third-order valence-electron chi connectivity index (χ3n) is 2.96. The lowest BCUT2D eigenvalue weighted by Gasteiger charge is -2.10. The predicted octanol–water partition coefficient (Wildman–Crippen LogP) is 4.49. The summed E-state index contributed by atoms with van der Waals surface area (Å²) in [4.78, 5) is 0. The Balaban J connectivity index is 2.43. The van der Waals surface area contributed by atoms with Crippen LogP contribution in [0.25, 0.3) is 5.69 Å². The van der Waals surface area contributed by atoms with Crippen LogP contribution in [0.15, 0.2) is 36.4 Å². The molecule has 2 rings (SSSR count). The van der Waals surface area contributed by atoms with Crippen LogP contribution in [0.5, 0.6) is 0 Å². The van der Waals surface area contributed by atoms with Crippen molar-refractivity contribution in [2.75, 3.05) is 0 Å². The van der Waals surface area contributed by atoms with Gasteiger partial charge in [0.1, 0.15) is 0 Å². The van der Waals surface area contributed by atoms with E-state index >= 15 is 0 Å². The van der Waals surface area contributed by atoms with Crippen LogP contribution in [0, 0.1) is 31.1 Å². The summed E-state index contributed by atoms with van der Waals surface area (Å²) in [6.07, 6.45) is 0. The van der Waals surface area contributed by atoms with Crippen LogP contribution in [0.2, 0.25) is 0 Å². The van der Waals surface area contributed by atoms with Crippen LogP contribution < -0.4 is 0 Å². The van der Waals surface area contributed by atoms with Gasteiger partial charge < -0.3 is 4.57 Å². The fourth-order valence-corrected chi connectivity index (χ4v) is 2.06. The number of aryl methyl sites for hydroxylation is 2. The van der Waals surface area contributed by atoms with E-state index in [9.17, 15) is 0 Å². The molecule has 1 aromatic carbocycles. The molecular weight excluding hydrogens is 230 g/mol. The van der Waals surface area contributed by atoms with Crippen LogP contribution in [0.3, 0.4) is 0 Å². The molecule has 1 heteroatoms. The van der Waals surface area contributed by atoms with Crippen molar-refractivity contribution in [1.82, 2.24) is 4.57 Å². The number of benzene rings is 1. The van der Waals surface area contributed by atoms with E-state index < -0.39 is 0 Å². The molecule has 0 aliphatic carbocycles. The van der Waals surface area contributed by atoms with Crippen molar-refractivity contribution in [3.05, 3.63) is 53.3 Å².